The second-order valence-corrected chi connectivity index (χ2v) is 7.55. The van der Waals surface area contributed by atoms with E-state index in [1.54, 1.807) is 6.07 Å². The van der Waals surface area contributed by atoms with Gasteiger partial charge < -0.3 is 14.5 Å². The van der Waals surface area contributed by atoms with E-state index < -0.39 is 0 Å². The molecule has 0 aliphatic carbocycles. The zero-order chi connectivity index (χ0) is 19.3. The van der Waals surface area contributed by atoms with Gasteiger partial charge in [0.05, 0.1) is 13.2 Å². The first kappa shape index (κ1) is 19.1. The predicted octanol–water partition coefficient (Wildman–Crippen LogP) is 2.55. The Bertz CT molecular complexity index is 783. The Morgan fingerprint density at radius 3 is 2.82 bits per heavy atom. The van der Waals surface area contributed by atoms with Crippen molar-refractivity contribution in [1.82, 2.24) is 14.9 Å². The molecule has 0 spiro atoms. The van der Waals surface area contributed by atoms with Crippen molar-refractivity contribution in [2.75, 3.05) is 56.2 Å². The molecule has 1 atom stereocenters. The van der Waals surface area contributed by atoms with Crippen LogP contribution in [0.25, 0.3) is 0 Å². The molecular weight excluding hydrogens is 357 g/mol. The van der Waals surface area contributed by atoms with E-state index in [0.717, 1.165) is 69.6 Å². The Morgan fingerprint density at radius 1 is 1.18 bits per heavy atom. The predicted molar refractivity (Wildman–Crippen MR) is 108 cm³/mol. The first-order valence-electron chi connectivity index (χ1n) is 10.0. The largest absolute Gasteiger partial charge is 0.378 e. The van der Waals surface area contributed by atoms with Crippen LogP contribution in [0.3, 0.4) is 0 Å². The van der Waals surface area contributed by atoms with Crippen LogP contribution in [0.4, 0.5) is 16.2 Å². The minimum atomic E-state index is -0.125. The number of piperidine rings is 1. The third-order valence-corrected chi connectivity index (χ3v) is 5.66. The van der Waals surface area contributed by atoms with E-state index in [1.807, 2.05) is 24.4 Å². The number of benzene rings is 1. The summed E-state index contributed by atoms with van der Waals surface area (Å²) < 4.78 is 19.5. The summed E-state index contributed by atoms with van der Waals surface area (Å²) >= 11 is 0. The maximum atomic E-state index is 14.0. The quantitative estimate of drug-likeness (QED) is 0.788. The lowest BCUT2D eigenvalue weighted by atomic mass is 10.0. The maximum Gasteiger partial charge on any atom is 0.227 e. The average molecular weight is 385 g/mol. The monoisotopic (exact) mass is 385 g/mol. The molecule has 2 fully saturated rings. The molecule has 2 saturated heterocycles. The molecule has 0 saturated carbocycles. The maximum absolute atomic E-state index is 14.0. The number of aromatic nitrogens is 2. The van der Waals surface area contributed by atoms with Gasteiger partial charge in [0.25, 0.3) is 0 Å². The van der Waals surface area contributed by atoms with Gasteiger partial charge in [-0.2, -0.15) is 4.98 Å². The fraction of sp³-hybridized carbons (Fsp3) is 0.524. The molecule has 0 radical (unpaired) electrons. The van der Waals surface area contributed by atoms with Gasteiger partial charge in [-0.15, -0.1) is 0 Å². The van der Waals surface area contributed by atoms with Crippen molar-refractivity contribution < 1.29 is 9.13 Å². The normalized spacial score (nSPS) is 20.9. The zero-order valence-corrected chi connectivity index (χ0v) is 16.4. The first-order valence-corrected chi connectivity index (χ1v) is 10.0. The Balaban J connectivity index is 1.42. The number of morpholine rings is 1. The first-order chi connectivity index (χ1) is 13.7. The van der Waals surface area contributed by atoms with Crippen molar-refractivity contribution in [3.05, 3.63) is 47.9 Å². The highest BCUT2D eigenvalue weighted by molar-refractivity contribution is 5.44. The Kier molecular flexibility index (Phi) is 6.02. The summed E-state index contributed by atoms with van der Waals surface area (Å²) in [6, 6.07) is 9.33. The lowest BCUT2D eigenvalue weighted by Gasteiger charge is -2.38. The SMILES string of the molecule is CN(c1nccc(N2CCOCC2)n1)C1CCCN(Cc2ccccc2F)C1. The highest BCUT2D eigenvalue weighted by atomic mass is 19.1. The fourth-order valence-electron chi connectivity index (χ4n) is 4.00. The second-order valence-electron chi connectivity index (χ2n) is 7.55. The summed E-state index contributed by atoms with van der Waals surface area (Å²) in [6.45, 7) is 5.72. The van der Waals surface area contributed by atoms with E-state index in [1.165, 1.54) is 6.07 Å². The van der Waals surface area contributed by atoms with E-state index >= 15 is 0 Å². The van der Waals surface area contributed by atoms with Gasteiger partial charge in [0.15, 0.2) is 0 Å². The van der Waals surface area contributed by atoms with Crippen LogP contribution in [0.15, 0.2) is 36.5 Å². The minimum Gasteiger partial charge on any atom is -0.378 e. The van der Waals surface area contributed by atoms with E-state index in [0.29, 0.717) is 12.6 Å². The number of ether oxygens (including phenoxy) is 1. The molecule has 1 unspecified atom stereocenters. The molecule has 2 aliphatic rings. The van der Waals surface area contributed by atoms with Crippen LogP contribution < -0.4 is 9.80 Å². The van der Waals surface area contributed by atoms with E-state index in [-0.39, 0.29) is 5.82 Å². The summed E-state index contributed by atoms with van der Waals surface area (Å²) in [5.41, 5.74) is 0.761. The molecule has 2 aromatic rings. The van der Waals surface area contributed by atoms with Crippen LogP contribution >= 0.6 is 0 Å². The average Bonchev–Trinajstić information content (AvgIpc) is 2.76. The number of likely N-dealkylation sites (N-methyl/N-ethyl adjacent to an activating group) is 1. The molecule has 28 heavy (non-hydrogen) atoms. The molecule has 6 nitrogen and oxygen atoms in total. The highest BCUT2D eigenvalue weighted by Crippen LogP contribution is 2.22. The van der Waals surface area contributed by atoms with E-state index in [4.69, 9.17) is 9.72 Å². The molecule has 7 heteroatoms. The molecule has 0 amide bonds. The van der Waals surface area contributed by atoms with Crippen molar-refractivity contribution in [2.45, 2.75) is 25.4 Å². The molecular formula is C21H28FN5O. The molecule has 1 aromatic carbocycles. The third-order valence-electron chi connectivity index (χ3n) is 5.66. The molecule has 4 rings (SSSR count). The Labute approximate surface area is 165 Å². The second kappa shape index (κ2) is 8.84. The van der Waals surface area contributed by atoms with Crippen molar-refractivity contribution >= 4 is 11.8 Å². The smallest absolute Gasteiger partial charge is 0.227 e. The van der Waals surface area contributed by atoms with Gasteiger partial charge in [0, 0.05) is 51.0 Å². The number of rotatable bonds is 5. The molecule has 2 aliphatic heterocycles. The third kappa shape index (κ3) is 4.42. The van der Waals surface area contributed by atoms with Gasteiger partial charge in [-0.3, -0.25) is 4.90 Å². The minimum absolute atomic E-state index is 0.125. The van der Waals surface area contributed by atoms with Crippen LogP contribution in [0, 0.1) is 5.82 Å². The molecule has 1 aromatic heterocycles. The summed E-state index contributed by atoms with van der Waals surface area (Å²) in [6.07, 6.45) is 4.02. The molecule has 0 N–H and O–H groups in total. The molecule has 3 heterocycles. The summed E-state index contributed by atoms with van der Waals surface area (Å²) in [5, 5.41) is 0. The Hall–Kier alpha value is -2.25. The van der Waals surface area contributed by atoms with Crippen molar-refractivity contribution in [1.29, 1.82) is 0 Å². The number of nitrogens with zero attached hydrogens (tertiary/aromatic N) is 5. The van der Waals surface area contributed by atoms with Gasteiger partial charge >= 0.3 is 0 Å². The van der Waals surface area contributed by atoms with E-state index in [9.17, 15) is 4.39 Å². The summed E-state index contributed by atoms with van der Waals surface area (Å²) in [7, 11) is 2.07. The lowest BCUT2D eigenvalue weighted by Crippen LogP contribution is -2.47. The van der Waals surface area contributed by atoms with Gasteiger partial charge in [0.1, 0.15) is 11.6 Å². The summed E-state index contributed by atoms with van der Waals surface area (Å²) in [5.74, 6) is 1.58. The van der Waals surface area contributed by atoms with Crippen molar-refractivity contribution in [3.8, 4) is 0 Å². The van der Waals surface area contributed by atoms with Gasteiger partial charge in [-0.25, -0.2) is 9.37 Å². The van der Waals surface area contributed by atoms with Crippen LogP contribution in [-0.4, -0.2) is 67.4 Å². The van der Waals surface area contributed by atoms with Crippen molar-refractivity contribution in [3.63, 3.8) is 0 Å². The van der Waals surface area contributed by atoms with Gasteiger partial charge in [-0.1, -0.05) is 18.2 Å². The number of anilines is 2. The standard InChI is InChI=1S/C21H28FN5O/c1-25(21-23-9-8-20(24-21)27-11-13-28-14-12-27)18-6-4-10-26(16-18)15-17-5-2-3-7-19(17)22/h2-3,5,7-9,18H,4,6,10-16H2,1H3. The zero-order valence-electron chi connectivity index (χ0n) is 16.4. The van der Waals surface area contributed by atoms with E-state index in [2.05, 4.69) is 26.7 Å². The van der Waals surface area contributed by atoms with Crippen LogP contribution in [0.1, 0.15) is 18.4 Å². The van der Waals surface area contributed by atoms with Crippen LogP contribution in [0.5, 0.6) is 0 Å². The molecule has 0 bridgehead atoms. The van der Waals surface area contributed by atoms with Gasteiger partial charge in [0.2, 0.25) is 5.95 Å². The number of likely N-dealkylation sites (tertiary alicyclic amines) is 1. The van der Waals surface area contributed by atoms with Gasteiger partial charge in [-0.05, 0) is 31.5 Å². The topological polar surface area (TPSA) is 44.7 Å². The van der Waals surface area contributed by atoms with Crippen LogP contribution in [-0.2, 0) is 11.3 Å². The lowest BCUT2D eigenvalue weighted by molar-refractivity contribution is 0.122. The number of halogens is 1. The summed E-state index contributed by atoms with van der Waals surface area (Å²) in [4.78, 5) is 16.1. The Morgan fingerprint density at radius 2 is 2.00 bits per heavy atom. The number of hydrogen-bond donors (Lipinski definition) is 0. The molecule has 150 valence electrons. The van der Waals surface area contributed by atoms with Crippen LogP contribution in [0.2, 0.25) is 0 Å². The highest BCUT2D eigenvalue weighted by Gasteiger charge is 2.26. The number of hydrogen-bond acceptors (Lipinski definition) is 6. The van der Waals surface area contributed by atoms with Crippen molar-refractivity contribution in [2.24, 2.45) is 0 Å². The fourth-order valence-corrected chi connectivity index (χ4v) is 4.00.